The third-order valence-corrected chi connectivity index (χ3v) is 11.3. The Morgan fingerprint density at radius 1 is 0.703 bits per heavy atom. The fourth-order valence-corrected chi connectivity index (χ4v) is 7.80. The number of benzene rings is 2. The molecule has 8 N–H and O–H groups in total. The van der Waals surface area contributed by atoms with Gasteiger partial charge in [-0.1, -0.05) is 23.7 Å². The minimum Gasteiger partial charge on any atom is -0.491 e. The maximum atomic E-state index is 12.5. The molecule has 6 heterocycles. The molecule has 0 bridgehead atoms. The van der Waals surface area contributed by atoms with Crippen LogP contribution in [0.1, 0.15) is 91.9 Å². The van der Waals surface area contributed by atoms with Crippen LogP contribution in [0.15, 0.2) is 36.4 Å². The number of fused-ring (bicyclic) bond motifs is 6. The second-order valence-corrected chi connectivity index (χ2v) is 15.8. The molecule has 8 rings (SSSR count). The molecule has 0 unspecified atom stereocenters. The number of nitrogens with two attached hydrogens (primary N) is 2. The summed E-state index contributed by atoms with van der Waals surface area (Å²) in [6.45, 7) is 5.01. The summed E-state index contributed by atoms with van der Waals surface area (Å²) in [6.07, 6.45) is 0.450. The van der Waals surface area contributed by atoms with Crippen molar-refractivity contribution in [1.82, 2.24) is 39.5 Å². The number of likely N-dealkylation sites (tertiary alicyclic amines) is 2. The predicted octanol–water partition coefficient (Wildman–Crippen LogP) is -0.187. The smallest absolute Gasteiger partial charge is 0.270 e. The minimum atomic E-state index is -1.73. The first-order chi connectivity index (χ1) is 30.3. The van der Waals surface area contributed by atoms with Gasteiger partial charge in [-0.3, -0.25) is 28.8 Å². The average molecular weight is 875 g/mol. The highest BCUT2D eigenvalue weighted by Gasteiger charge is 2.43. The maximum absolute atomic E-state index is 12.5. The Bertz CT molecular complexity index is 2600. The standard InChI is InChI=1S/2C22H23N5O5/c2*1-12-11-32-15-5-4-13(6-7-22(31)8-9-26(3)21(22)30)10-14(15)19-25-16(18(23)28)17(27(12)19)20(29)24-2/h2*4-5,10,12,31H,8-9,11H2,1-3H3,(H2,23,28)(H,24,29)/t12-,22+;12-,22-/m10/s1. The number of primary amides is 2. The molecular weight excluding hydrogens is 829 g/mol. The number of carbonyl (C=O) groups is 6. The van der Waals surface area contributed by atoms with Crippen LogP contribution < -0.4 is 31.6 Å². The van der Waals surface area contributed by atoms with Gasteiger partial charge >= 0.3 is 0 Å². The van der Waals surface area contributed by atoms with E-state index in [-0.39, 0.29) is 60.9 Å². The molecule has 6 amide bonds. The highest BCUT2D eigenvalue weighted by Crippen LogP contribution is 2.39. The first kappa shape index (κ1) is 44.4. The molecule has 64 heavy (non-hydrogen) atoms. The zero-order valence-electron chi connectivity index (χ0n) is 35.9. The van der Waals surface area contributed by atoms with Gasteiger partial charge < -0.3 is 60.7 Å². The molecule has 4 aliphatic heterocycles. The van der Waals surface area contributed by atoms with Gasteiger partial charge in [-0.2, -0.15) is 0 Å². The van der Waals surface area contributed by atoms with Gasteiger partial charge in [0.05, 0.1) is 23.2 Å². The minimum absolute atomic E-state index is 0.0596. The van der Waals surface area contributed by atoms with Gasteiger partial charge in [0, 0.05) is 65.2 Å². The Hall–Kier alpha value is -7.68. The van der Waals surface area contributed by atoms with E-state index in [0.29, 0.717) is 58.5 Å². The number of carbonyl (C=O) groups excluding carboxylic acids is 6. The van der Waals surface area contributed by atoms with Gasteiger partial charge in [0.2, 0.25) is 11.2 Å². The van der Waals surface area contributed by atoms with Crippen molar-refractivity contribution in [2.45, 2.75) is 50.0 Å². The molecular formula is C44H46N10O10. The van der Waals surface area contributed by atoms with Crippen molar-refractivity contribution in [2.24, 2.45) is 11.5 Å². The van der Waals surface area contributed by atoms with Gasteiger partial charge in [-0.15, -0.1) is 0 Å². The molecule has 20 heteroatoms. The Morgan fingerprint density at radius 3 is 1.39 bits per heavy atom. The van der Waals surface area contributed by atoms with Gasteiger partial charge in [-0.25, -0.2) is 9.97 Å². The zero-order chi connectivity index (χ0) is 46.4. The second-order valence-electron chi connectivity index (χ2n) is 15.8. The summed E-state index contributed by atoms with van der Waals surface area (Å²) >= 11 is 0. The number of imidazole rings is 2. The molecule has 2 aromatic heterocycles. The van der Waals surface area contributed by atoms with Gasteiger partial charge in [0.1, 0.15) is 47.7 Å². The molecule has 2 aromatic carbocycles. The molecule has 0 aliphatic carbocycles. The van der Waals surface area contributed by atoms with E-state index in [2.05, 4.69) is 44.3 Å². The highest BCUT2D eigenvalue weighted by atomic mass is 16.5. The molecule has 332 valence electrons. The van der Waals surface area contributed by atoms with Crippen molar-refractivity contribution >= 4 is 35.4 Å². The molecule has 20 nitrogen and oxygen atoms in total. The van der Waals surface area contributed by atoms with Crippen molar-refractivity contribution < 1.29 is 48.5 Å². The van der Waals surface area contributed by atoms with Crippen LogP contribution in [0.4, 0.5) is 0 Å². The maximum Gasteiger partial charge on any atom is 0.270 e. The van der Waals surface area contributed by atoms with Crippen LogP contribution in [0.25, 0.3) is 22.8 Å². The lowest BCUT2D eigenvalue weighted by Crippen LogP contribution is -2.37. The van der Waals surface area contributed by atoms with Crippen LogP contribution in [0.5, 0.6) is 11.5 Å². The first-order valence-corrected chi connectivity index (χ1v) is 20.2. The van der Waals surface area contributed by atoms with Gasteiger partial charge in [0.15, 0.2) is 11.4 Å². The third-order valence-electron chi connectivity index (χ3n) is 11.3. The largest absolute Gasteiger partial charge is 0.491 e. The molecule has 2 saturated heterocycles. The number of likely N-dealkylation sites (N-methyl/N-ethyl adjacent to an activating group) is 2. The number of hydrogen-bond acceptors (Lipinski definition) is 12. The van der Waals surface area contributed by atoms with Crippen molar-refractivity contribution in [2.75, 3.05) is 54.5 Å². The van der Waals surface area contributed by atoms with Crippen LogP contribution in [0, 0.1) is 23.7 Å². The van der Waals surface area contributed by atoms with Crippen molar-refractivity contribution in [1.29, 1.82) is 0 Å². The molecule has 0 spiro atoms. The average Bonchev–Trinajstić information content (AvgIpc) is 3.98. The number of hydrogen-bond donors (Lipinski definition) is 6. The van der Waals surface area contributed by atoms with Crippen molar-refractivity contribution in [3.8, 4) is 58.0 Å². The highest BCUT2D eigenvalue weighted by molar-refractivity contribution is 6.06. The number of nitrogens with zero attached hydrogens (tertiary/aromatic N) is 6. The Labute approximate surface area is 366 Å². The number of rotatable bonds is 4. The topological polar surface area (TPSA) is 280 Å². The van der Waals surface area contributed by atoms with Crippen LogP contribution in [0.3, 0.4) is 0 Å². The molecule has 0 saturated carbocycles. The van der Waals surface area contributed by atoms with E-state index in [1.165, 1.54) is 23.9 Å². The summed E-state index contributed by atoms with van der Waals surface area (Å²) in [6, 6.07) is 9.55. The van der Waals surface area contributed by atoms with Gasteiger partial charge in [0.25, 0.3) is 35.4 Å². The molecule has 4 aromatic rings. The quantitative estimate of drug-likeness (QED) is 0.146. The Kier molecular flexibility index (Phi) is 11.7. The number of aliphatic hydroxyl groups is 2. The van der Waals surface area contributed by atoms with Crippen LogP contribution in [0.2, 0.25) is 0 Å². The number of nitrogens with one attached hydrogen (secondary N) is 2. The van der Waals surface area contributed by atoms with Crippen LogP contribution in [-0.4, -0.2) is 140 Å². The van der Waals surface area contributed by atoms with E-state index in [1.54, 1.807) is 59.6 Å². The molecule has 4 aliphatic rings. The summed E-state index contributed by atoms with van der Waals surface area (Å²) < 4.78 is 15.0. The molecule has 4 atom stereocenters. The SMILES string of the molecule is CNC(=O)c1c(C(N)=O)nc2n1[C@@H](C)COc1ccc(C#C[C@]3(O)CCN(C)C3=O)cc1-2.CNC(=O)c1c(C(N)=O)nc2n1[C@H](C)COc1ccc(C#C[C@]3(O)CCN(C)C3=O)cc1-2. The van der Waals surface area contributed by atoms with Crippen LogP contribution >= 0.6 is 0 Å². The van der Waals surface area contributed by atoms with Crippen molar-refractivity contribution in [3.63, 3.8) is 0 Å². The second kappa shape index (κ2) is 16.9. The monoisotopic (exact) mass is 874 g/mol. The first-order valence-electron chi connectivity index (χ1n) is 20.2. The summed E-state index contributed by atoms with van der Waals surface area (Å²) in [4.78, 5) is 85.1. The predicted molar refractivity (Wildman–Crippen MR) is 228 cm³/mol. The van der Waals surface area contributed by atoms with Crippen LogP contribution in [-0.2, 0) is 9.59 Å². The summed E-state index contributed by atoms with van der Waals surface area (Å²) in [5, 5.41) is 26.1. The Balaban J connectivity index is 0.000000191. The molecule has 0 radical (unpaired) electrons. The number of aromatic nitrogens is 4. The van der Waals surface area contributed by atoms with E-state index in [4.69, 9.17) is 20.9 Å². The summed E-state index contributed by atoms with van der Waals surface area (Å²) in [7, 11) is 6.14. The summed E-state index contributed by atoms with van der Waals surface area (Å²) in [5.74, 6) is 9.27. The van der Waals surface area contributed by atoms with Gasteiger partial charge in [-0.05, 0) is 50.2 Å². The fourth-order valence-electron chi connectivity index (χ4n) is 7.80. The number of amides is 6. The van der Waals surface area contributed by atoms with E-state index in [1.807, 2.05) is 13.8 Å². The lowest BCUT2D eigenvalue weighted by Gasteiger charge is -2.15. The van der Waals surface area contributed by atoms with E-state index in [9.17, 15) is 39.0 Å². The molecule has 2 fully saturated rings. The Morgan fingerprint density at radius 2 is 1.08 bits per heavy atom. The normalized spacial score (nSPS) is 21.6. The van der Waals surface area contributed by atoms with Crippen molar-refractivity contribution in [3.05, 3.63) is 70.3 Å². The van der Waals surface area contributed by atoms with E-state index in [0.717, 1.165) is 0 Å². The van der Waals surface area contributed by atoms with E-state index >= 15 is 0 Å². The fraction of sp³-hybridized carbons (Fsp3) is 0.364. The zero-order valence-corrected chi connectivity index (χ0v) is 35.9. The van der Waals surface area contributed by atoms with E-state index < -0.39 is 46.6 Å². The lowest BCUT2D eigenvalue weighted by molar-refractivity contribution is -0.138. The third kappa shape index (κ3) is 7.84. The number of ether oxygens (including phenoxy) is 2. The lowest BCUT2D eigenvalue weighted by atomic mass is 10.0. The summed E-state index contributed by atoms with van der Waals surface area (Å²) in [5.41, 5.74) is 9.44.